The Morgan fingerprint density at radius 3 is 2.50 bits per heavy atom. The van der Waals surface area contributed by atoms with Crippen molar-refractivity contribution in [3.05, 3.63) is 17.7 Å². The molecule has 2 rings (SSSR count). The summed E-state index contributed by atoms with van der Waals surface area (Å²) in [5.41, 5.74) is 1.08. The van der Waals surface area contributed by atoms with Crippen molar-refractivity contribution < 1.29 is 14.2 Å². The lowest BCUT2D eigenvalue weighted by Crippen LogP contribution is -2.49. The van der Waals surface area contributed by atoms with Gasteiger partial charge in [-0.1, -0.05) is 19.9 Å². The maximum absolute atomic E-state index is 5.57. The van der Waals surface area contributed by atoms with Crippen molar-refractivity contribution in [2.45, 2.75) is 25.5 Å². The smallest absolute Gasteiger partial charge is 0.203 e. The van der Waals surface area contributed by atoms with E-state index < -0.39 is 0 Å². The zero-order valence-electron chi connectivity index (χ0n) is 17.8. The van der Waals surface area contributed by atoms with Crippen LogP contribution in [-0.4, -0.2) is 69.9 Å². The van der Waals surface area contributed by atoms with Crippen molar-refractivity contribution in [2.24, 2.45) is 10.9 Å². The molecule has 0 bridgehead atoms. The Morgan fingerprint density at radius 2 is 1.93 bits per heavy atom. The van der Waals surface area contributed by atoms with Gasteiger partial charge in [0.05, 0.1) is 21.3 Å². The third-order valence-corrected chi connectivity index (χ3v) is 6.35. The Labute approximate surface area is 190 Å². The summed E-state index contributed by atoms with van der Waals surface area (Å²) < 4.78 is 16.4. The number of hydrogen-bond acceptors (Lipinski definition) is 5. The zero-order valence-corrected chi connectivity index (χ0v) is 20.9. The molecule has 0 spiro atoms. The Morgan fingerprint density at radius 1 is 1.21 bits per heavy atom. The van der Waals surface area contributed by atoms with Gasteiger partial charge in [0.1, 0.15) is 0 Å². The van der Waals surface area contributed by atoms with Gasteiger partial charge in [-0.05, 0) is 18.4 Å². The van der Waals surface area contributed by atoms with E-state index in [2.05, 4.69) is 40.8 Å². The molecule has 0 radical (unpaired) electrons. The summed E-state index contributed by atoms with van der Waals surface area (Å²) in [6.45, 7) is 7.44. The summed E-state index contributed by atoms with van der Waals surface area (Å²) in [7, 11) is 6.77. The summed E-state index contributed by atoms with van der Waals surface area (Å²) >= 11 is 2.07. The number of methoxy groups -OCH3 is 3. The molecule has 1 aliphatic rings. The van der Waals surface area contributed by atoms with E-state index >= 15 is 0 Å². The van der Waals surface area contributed by atoms with E-state index in [1.54, 1.807) is 21.3 Å². The van der Waals surface area contributed by atoms with Gasteiger partial charge < -0.3 is 24.4 Å². The molecular weight excluding hydrogens is 489 g/mol. The van der Waals surface area contributed by atoms with Crippen molar-refractivity contribution in [1.29, 1.82) is 0 Å². The predicted octanol–water partition coefficient (Wildman–Crippen LogP) is 3.52. The number of aliphatic imine (C=N–C) groups is 1. The second kappa shape index (κ2) is 12.5. The van der Waals surface area contributed by atoms with Gasteiger partial charge in [-0.3, -0.25) is 4.99 Å². The summed E-state index contributed by atoms with van der Waals surface area (Å²) in [5.74, 6) is 4.82. The average Bonchev–Trinajstić information content (AvgIpc) is 2.70. The van der Waals surface area contributed by atoms with E-state index in [4.69, 9.17) is 14.2 Å². The SMILES string of the molecule is CN=C(NCCc1ccc(OC)c(OC)c1OC)N1CCSC(C(C)C)C1.I. The van der Waals surface area contributed by atoms with Crippen molar-refractivity contribution in [3.63, 3.8) is 0 Å². The van der Waals surface area contributed by atoms with Gasteiger partial charge in [-0.25, -0.2) is 0 Å². The first-order valence-corrected chi connectivity index (χ1v) is 10.5. The molecule has 1 aromatic rings. The summed E-state index contributed by atoms with van der Waals surface area (Å²) in [5, 5.41) is 4.16. The van der Waals surface area contributed by atoms with Gasteiger partial charge in [-0.2, -0.15) is 11.8 Å². The molecule has 1 unspecified atom stereocenters. The first-order valence-electron chi connectivity index (χ1n) is 9.40. The minimum Gasteiger partial charge on any atom is -0.493 e. The maximum atomic E-state index is 5.57. The minimum atomic E-state index is 0. The fourth-order valence-electron chi connectivity index (χ4n) is 3.27. The van der Waals surface area contributed by atoms with Crippen LogP contribution in [-0.2, 0) is 6.42 Å². The molecule has 1 atom stereocenters. The Balaban J connectivity index is 0.00000392. The van der Waals surface area contributed by atoms with Gasteiger partial charge in [0.25, 0.3) is 0 Å². The van der Waals surface area contributed by atoms with Crippen LogP contribution in [0.4, 0.5) is 0 Å². The van der Waals surface area contributed by atoms with Gasteiger partial charge >= 0.3 is 0 Å². The molecule has 0 aliphatic carbocycles. The van der Waals surface area contributed by atoms with Gasteiger partial charge in [0.2, 0.25) is 5.75 Å². The molecule has 160 valence electrons. The number of hydrogen-bond donors (Lipinski definition) is 1. The Hall–Kier alpha value is -1.03. The number of nitrogens with one attached hydrogen (secondary N) is 1. The number of rotatable bonds is 7. The maximum Gasteiger partial charge on any atom is 0.203 e. The fourth-order valence-corrected chi connectivity index (χ4v) is 4.57. The number of nitrogens with zero attached hydrogens (tertiary/aromatic N) is 2. The van der Waals surface area contributed by atoms with E-state index in [9.17, 15) is 0 Å². The molecule has 1 N–H and O–H groups in total. The average molecular weight is 523 g/mol. The second-order valence-electron chi connectivity index (χ2n) is 6.82. The topological polar surface area (TPSA) is 55.3 Å². The molecule has 0 saturated carbocycles. The molecule has 0 aromatic heterocycles. The summed E-state index contributed by atoms with van der Waals surface area (Å²) in [4.78, 5) is 6.85. The molecule has 1 fully saturated rings. The van der Waals surface area contributed by atoms with E-state index in [1.165, 1.54) is 0 Å². The van der Waals surface area contributed by atoms with Crippen LogP contribution in [0.5, 0.6) is 17.2 Å². The van der Waals surface area contributed by atoms with Gasteiger partial charge in [-0.15, -0.1) is 24.0 Å². The van der Waals surface area contributed by atoms with E-state index in [-0.39, 0.29) is 24.0 Å². The first-order chi connectivity index (χ1) is 13.0. The van der Waals surface area contributed by atoms with Crippen molar-refractivity contribution >= 4 is 41.7 Å². The fraction of sp³-hybridized carbons (Fsp3) is 0.650. The highest BCUT2D eigenvalue weighted by Crippen LogP contribution is 2.39. The van der Waals surface area contributed by atoms with Crippen molar-refractivity contribution in [1.82, 2.24) is 10.2 Å². The highest BCUT2D eigenvalue weighted by Gasteiger charge is 2.25. The quantitative estimate of drug-likeness (QED) is 0.336. The van der Waals surface area contributed by atoms with E-state index in [1.807, 2.05) is 19.2 Å². The first kappa shape index (κ1) is 25.0. The van der Waals surface area contributed by atoms with Crippen LogP contribution in [0.15, 0.2) is 17.1 Å². The molecule has 1 heterocycles. The van der Waals surface area contributed by atoms with E-state index in [0.717, 1.165) is 49.1 Å². The number of thioether (sulfide) groups is 1. The lowest BCUT2D eigenvalue weighted by atomic mass is 10.1. The monoisotopic (exact) mass is 523 g/mol. The second-order valence-corrected chi connectivity index (χ2v) is 8.16. The lowest BCUT2D eigenvalue weighted by molar-refractivity contribution is 0.322. The van der Waals surface area contributed by atoms with Gasteiger partial charge in [0, 0.05) is 43.2 Å². The third kappa shape index (κ3) is 6.23. The van der Waals surface area contributed by atoms with Gasteiger partial charge in [0.15, 0.2) is 17.5 Å². The van der Waals surface area contributed by atoms with Crippen LogP contribution in [0, 0.1) is 5.92 Å². The highest BCUT2D eigenvalue weighted by molar-refractivity contribution is 14.0. The van der Waals surface area contributed by atoms with Crippen LogP contribution in [0.25, 0.3) is 0 Å². The van der Waals surface area contributed by atoms with Crippen molar-refractivity contribution in [3.8, 4) is 17.2 Å². The Kier molecular flexibility index (Phi) is 11.2. The molecule has 28 heavy (non-hydrogen) atoms. The molecule has 1 aliphatic heterocycles. The van der Waals surface area contributed by atoms with Crippen LogP contribution in [0.1, 0.15) is 19.4 Å². The molecule has 8 heteroatoms. The minimum absolute atomic E-state index is 0. The zero-order chi connectivity index (χ0) is 19.8. The number of benzene rings is 1. The normalized spacial score (nSPS) is 17.2. The lowest BCUT2D eigenvalue weighted by Gasteiger charge is -2.36. The van der Waals surface area contributed by atoms with E-state index in [0.29, 0.717) is 22.7 Å². The summed E-state index contributed by atoms with van der Waals surface area (Å²) in [6.07, 6.45) is 0.804. The molecule has 0 amide bonds. The number of guanidine groups is 1. The van der Waals surface area contributed by atoms with Crippen LogP contribution >= 0.6 is 35.7 Å². The summed E-state index contributed by atoms with van der Waals surface area (Å²) in [6, 6.07) is 3.94. The Bertz CT molecular complexity index is 643. The molecule has 1 saturated heterocycles. The standard InChI is InChI=1S/C20H33N3O3S.HI/c1-14(2)17-13-23(11-12-27-17)20(21-3)22-10-9-15-7-8-16(24-4)19(26-6)18(15)25-5;/h7-8,14,17H,9-13H2,1-6H3,(H,21,22);1H. The molecule has 6 nitrogen and oxygen atoms in total. The number of ether oxygens (including phenoxy) is 3. The van der Waals surface area contributed by atoms with Crippen molar-refractivity contribution in [2.75, 3.05) is 53.8 Å². The predicted molar refractivity (Wildman–Crippen MR) is 129 cm³/mol. The van der Waals surface area contributed by atoms with Crippen LogP contribution in [0.2, 0.25) is 0 Å². The third-order valence-electron chi connectivity index (χ3n) is 4.81. The molecule has 1 aromatic carbocycles. The van der Waals surface area contributed by atoms with Crippen LogP contribution in [0.3, 0.4) is 0 Å². The van der Waals surface area contributed by atoms with Crippen LogP contribution < -0.4 is 19.5 Å². The number of halogens is 1. The highest BCUT2D eigenvalue weighted by atomic mass is 127. The molecular formula is C20H34IN3O3S. The largest absolute Gasteiger partial charge is 0.493 e.